The maximum Gasteiger partial charge on any atom is 0.133 e. The van der Waals surface area contributed by atoms with Gasteiger partial charge in [0.1, 0.15) is 18.2 Å². The zero-order valence-electron chi connectivity index (χ0n) is 36.8. The van der Waals surface area contributed by atoms with Gasteiger partial charge < -0.3 is 5.32 Å². The largest absolute Gasteiger partial charge is 0.350 e. The molecule has 11 aromatic carbocycles. The van der Waals surface area contributed by atoms with E-state index in [4.69, 9.17) is 4.99 Å². The number of nitrogens with one attached hydrogen (secondary N) is 2. The van der Waals surface area contributed by atoms with Crippen molar-refractivity contribution in [2.24, 2.45) is 4.99 Å². The Balaban J connectivity index is 0.947. The van der Waals surface area contributed by atoms with Crippen LogP contribution in [-0.4, -0.2) is 5.84 Å². The van der Waals surface area contributed by atoms with Gasteiger partial charge in [-0.15, -0.1) is 0 Å². The summed E-state index contributed by atoms with van der Waals surface area (Å²) in [5, 5.41) is 15.0. The number of amidine groups is 1. The van der Waals surface area contributed by atoms with Crippen LogP contribution >= 0.6 is 0 Å². The van der Waals surface area contributed by atoms with Crippen LogP contribution in [0.3, 0.4) is 0 Å². The van der Waals surface area contributed by atoms with Crippen LogP contribution in [0.5, 0.6) is 0 Å². The van der Waals surface area contributed by atoms with Gasteiger partial charge in [0.15, 0.2) is 0 Å². The number of rotatable bonds is 7. The summed E-state index contributed by atoms with van der Waals surface area (Å²) in [4.78, 5) is 5.51. The molecule has 0 saturated heterocycles. The standard InChI is InChI=1S/C64H45N3/c1-4-19-46(20-5-1)61-65-62(47-21-6-2-7-22-47)67-63(66-61)60-54-29-15-13-27-52(54)51-26-12-14-28-53(51)58(60)45-34-32-42(33-35-45)43-36-39-49(40-37-43)64(48-23-8-3-9-24-48)56-31-17-16-30-55(56)59-50-25-11-10-18-44(50)38-41-57(59)64/h1-41,61-62,65H,(H,66,67). The molecule has 1 heterocycles. The quantitative estimate of drug-likeness (QED) is 0.157. The summed E-state index contributed by atoms with van der Waals surface area (Å²) in [6.45, 7) is 0. The number of benzene rings is 11. The molecular formula is C64H45N3. The first-order valence-electron chi connectivity index (χ1n) is 23.3. The second-order valence-electron chi connectivity index (χ2n) is 17.8. The highest BCUT2D eigenvalue weighted by atomic mass is 15.3. The Morgan fingerprint density at radius 1 is 0.343 bits per heavy atom. The van der Waals surface area contributed by atoms with E-state index in [2.05, 4.69) is 259 Å². The molecule has 2 aliphatic rings. The van der Waals surface area contributed by atoms with Crippen molar-refractivity contribution in [2.45, 2.75) is 17.7 Å². The summed E-state index contributed by atoms with van der Waals surface area (Å²) in [6, 6.07) is 90.9. The summed E-state index contributed by atoms with van der Waals surface area (Å²) in [5.41, 5.74) is 15.3. The molecule has 11 aromatic rings. The fraction of sp³-hybridized carbons (Fsp3) is 0.0469. The minimum atomic E-state index is -0.475. The van der Waals surface area contributed by atoms with Crippen LogP contribution in [0.4, 0.5) is 0 Å². The van der Waals surface area contributed by atoms with Gasteiger partial charge in [0, 0.05) is 11.1 Å². The van der Waals surface area contributed by atoms with Crippen LogP contribution in [0, 0.1) is 0 Å². The third kappa shape index (κ3) is 6.27. The highest BCUT2D eigenvalue weighted by Crippen LogP contribution is 2.58. The lowest BCUT2D eigenvalue weighted by molar-refractivity contribution is 0.409. The molecule has 3 heteroatoms. The zero-order valence-corrected chi connectivity index (χ0v) is 36.8. The van der Waals surface area contributed by atoms with Gasteiger partial charge in [-0.1, -0.05) is 249 Å². The summed E-state index contributed by atoms with van der Waals surface area (Å²) in [6.07, 6.45) is -0.411. The summed E-state index contributed by atoms with van der Waals surface area (Å²) < 4.78 is 0. The van der Waals surface area contributed by atoms with E-state index in [0.29, 0.717) is 0 Å². The molecule has 3 unspecified atom stereocenters. The number of hydrogen-bond donors (Lipinski definition) is 2. The van der Waals surface area contributed by atoms with Crippen molar-refractivity contribution in [2.75, 3.05) is 0 Å². The second-order valence-corrected chi connectivity index (χ2v) is 17.8. The Bertz CT molecular complexity index is 3670. The first-order chi connectivity index (χ1) is 33.2. The topological polar surface area (TPSA) is 36.4 Å². The van der Waals surface area contributed by atoms with Crippen molar-refractivity contribution in [1.82, 2.24) is 10.6 Å². The molecule has 316 valence electrons. The van der Waals surface area contributed by atoms with Gasteiger partial charge in [0.2, 0.25) is 0 Å². The van der Waals surface area contributed by atoms with Crippen LogP contribution in [0.15, 0.2) is 254 Å². The summed E-state index contributed by atoms with van der Waals surface area (Å²) in [7, 11) is 0. The lowest BCUT2D eigenvalue weighted by Crippen LogP contribution is -2.45. The number of fused-ring (bicyclic) bond motifs is 8. The highest BCUT2D eigenvalue weighted by Gasteiger charge is 2.46. The molecule has 67 heavy (non-hydrogen) atoms. The number of aliphatic imine (C=N–C) groups is 1. The van der Waals surface area contributed by atoms with Crippen molar-refractivity contribution in [1.29, 1.82) is 0 Å². The highest BCUT2D eigenvalue weighted by molar-refractivity contribution is 6.25. The molecule has 2 N–H and O–H groups in total. The van der Waals surface area contributed by atoms with E-state index < -0.39 is 5.41 Å². The lowest BCUT2D eigenvalue weighted by Gasteiger charge is -2.34. The Morgan fingerprint density at radius 3 is 1.54 bits per heavy atom. The van der Waals surface area contributed by atoms with E-state index in [0.717, 1.165) is 33.5 Å². The van der Waals surface area contributed by atoms with Gasteiger partial charge in [-0.05, 0) is 93.5 Å². The van der Waals surface area contributed by atoms with Gasteiger partial charge in [0.25, 0.3) is 0 Å². The Kier molecular flexibility index (Phi) is 9.29. The van der Waals surface area contributed by atoms with Crippen molar-refractivity contribution in [3.63, 3.8) is 0 Å². The van der Waals surface area contributed by atoms with Crippen molar-refractivity contribution in [3.8, 4) is 33.4 Å². The minimum Gasteiger partial charge on any atom is -0.350 e. The molecule has 0 spiro atoms. The molecule has 0 bridgehead atoms. The fourth-order valence-corrected chi connectivity index (χ4v) is 11.3. The normalized spacial score (nSPS) is 17.5. The van der Waals surface area contributed by atoms with Gasteiger partial charge in [-0.25, -0.2) is 4.99 Å². The van der Waals surface area contributed by atoms with E-state index in [9.17, 15) is 0 Å². The number of nitrogens with zero attached hydrogens (tertiary/aromatic N) is 1. The van der Waals surface area contributed by atoms with E-state index in [1.54, 1.807) is 0 Å². The van der Waals surface area contributed by atoms with Gasteiger partial charge in [-0.2, -0.15) is 0 Å². The molecule has 0 radical (unpaired) electrons. The van der Waals surface area contributed by atoms with Crippen LogP contribution in [-0.2, 0) is 5.41 Å². The summed E-state index contributed by atoms with van der Waals surface area (Å²) >= 11 is 0. The maximum absolute atomic E-state index is 5.51. The van der Waals surface area contributed by atoms with Gasteiger partial charge in [0.05, 0.1) is 5.41 Å². The minimum absolute atomic E-state index is 0.158. The van der Waals surface area contributed by atoms with Crippen LogP contribution in [0.25, 0.3) is 65.7 Å². The second kappa shape index (κ2) is 16.0. The molecule has 0 saturated carbocycles. The van der Waals surface area contributed by atoms with E-state index in [-0.39, 0.29) is 12.3 Å². The average Bonchev–Trinajstić information content (AvgIpc) is 3.73. The molecule has 1 aliphatic carbocycles. The third-order valence-electron chi connectivity index (χ3n) is 14.2. The third-order valence-corrected chi connectivity index (χ3v) is 14.2. The lowest BCUT2D eigenvalue weighted by atomic mass is 9.67. The van der Waals surface area contributed by atoms with Crippen LogP contribution in [0.1, 0.15) is 51.3 Å². The molecule has 1 aliphatic heterocycles. The zero-order chi connectivity index (χ0) is 44.3. The average molecular weight is 856 g/mol. The fourth-order valence-electron chi connectivity index (χ4n) is 11.3. The van der Waals surface area contributed by atoms with Gasteiger partial charge in [-0.3, -0.25) is 5.32 Å². The summed E-state index contributed by atoms with van der Waals surface area (Å²) in [5.74, 6) is 0.869. The SMILES string of the molecule is c1ccc(C2N=C(c3c(-c4ccc(-c5ccc(C6(c7ccccc7)c7ccccc7-c7c6ccc6ccccc76)cc5)cc4)c4ccccc4c4ccccc34)NC(c3ccccc3)N2)cc1. The van der Waals surface area contributed by atoms with E-state index in [1.807, 2.05) is 0 Å². The molecule has 0 amide bonds. The Labute approximate surface area is 390 Å². The molecule has 13 rings (SSSR count). The van der Waals surface area contributed by atoms with Crippen molar-refractivity contribution in [3.05, 3.63) is 288 Å². The van der Waals surface area contributed by atoms with Gasteiger partial charge >= 0.3 is 0 Å². The van der Waals surface area contributed by atoms with E-state index >= 15 is 0 Å². The van der Waals surface area contributed by atoms with Crippen molar-refractivity contribution >= 4 is 38.2 Å². The van der Waals surface area contributed by atoms with E-state index in [1.165, 1.54) is 77.0 Å². The predicted octanol–water partition coefficient (Wildman–Crippen LogP) is 15.2. The maximum atomic E-state index is 5.51. The first kappa shape index (κ1) is 39.0. The van der Waals surface area contributed by atoms with Crippen LogP contribution < -0.4 is 10.6 Å². The van der Waals surface area contributed by atoms with Crippen LogP contribution in [0.2, 0.25) is 0 Å². The van der Waals surface area contributed by atoms with Crippen molar-refractivity contribution < 1.29 is 0 Å². The molecule has 3 nitrogen and oxygen atoms in total. The Hall–Kier alpha value is -8.37. The monoisotopic (exact) mass is 855 g/mol. The smallest absolute Gasteiger partial charge is 0.133 e. The molecule has 0 fully saturated rings. The molecular weight excluding hydrogens is 811 g/mol. The first-order valence-corrected chi connectivity index (χ1v) is 23.3. The predicted molar refractivity (Wildman–Crippen MR) is 278 cm³/mol. The molecule has 0 aromatic heterocycles. The Morgan fingerprint density at radius 2 is 0.851 bits per heavy atom. The molecule has 3 atom stereocenters. The number of hydrogen-bond acceptors (Lipinski definition) is 3.